The first-order valence-electron chi connectivity index (χ1n) is 9.40. The summed E-state index contributed by atoms with van der Waals surface area (Å²) < 4.78 is 5.27. The van der Waals surface area contributed by atoms with E-state index in [-0.39, 0.29) is 5.84 Å². The largest absolute Gasteiger partial charge is 0.444 e. The summed E-state index contributed by atoms with van der Waals surface area (Å²) in [6.07, 6.45) is 7.85. The van der Waals surface area contributed by atoms with Gasteiger partial charge in [0.05, 0.1) is 23.3 Å². The Balaban J connectivity index is 2.49. The Morgan fingerprint density at radius 2 is 2.25 bits per heavy atom. The topological polar surface area (TPSA) is 100 Å². The Morgan fingerprint density at radius 1 is 1.54 bits per heavy atom. The quantitative estimate of drug-likeness (QED) is 0.704. The highest BCUT2D eigenvalue weighted by Crippen LogP contribution is 2.40. The fraction of sp³-hybridized carbons (Fsp3) is 0.476. The molecule has 0 spiro atoms. The molecule has 0 saturated carbocycles. The van der Waals surface area contributed by atoms with E-state index in [1.165, 1.54) is 6.20 Å². The van der Waals surface area contributed by atoms with Gasteiger partial charge in [0.1, 0.15) is 11.4 Å². The second-order valence-electron chi connectivity index (χ2n) is 7.70. The number of nitrogens with zero attached hydrogens (tertiary/aromatic N) is 2. The van der Waals surface area contributed by atoms with Crippen molar-refractivity contribution in [2.45, 2.75) is 59.0 Å². The standard InChI is InChI=1S/C21H27ClN4O2/c1-5-8-17-14(11-23)18(13-9-6-7-10-16(13)22)15(19(24)26-17)12-25-20(27)28-21(2,3)4/h6,9,12,18H,5,7-8,10H2,1-4H3,(H2,24,26)(H,25,27)/b15-12-. The molecular formula is C21H27ClN4O2. The monoisotopic (exact) mass is 402 g/mol. The maximum Gasteiger partial charge on any atom is 0.411 e. The number of halogens is 1. The number of amidine groups is 1. The second-order valence-corrected chi connectivity index (χ2v) is 8.16. The second kappa shape index (κ2) is 9.11. The summed E-state index contributed by atoms with van der Waals surface area (Å²) in [5.41, 5.74) is 8.12. The lowest BCUT2D eigenvalue weighted by Gasteiger charge is -2.28. The molecule has 0 bridgehead atoms. The van der Waals surface area contributed by atoms with Crippen molar-refractivity contribution in [3.05, 3.63) is 45.8 Å². The van der Waals surface area contributed by atoms with Crippen LogP contribution in [0, 0.1) is 17.2 Å². The van der Waals surface area contributed by atoms with E-state index in [2.05, 4.69) is 16.4 Å². The number of aliphatic imine (C=N–C) groups is 1. The normalized spacial score (nSPS) is 21.5. The van der Waals surface area contributed by atoms with Crippen molar-refractivity contribution in [2.24, 2.45) is 16.6 Å². The molecule has 1 unspecified atom stereocenters. The Hall–Kier alpha value is -2.52. The van der Waals surface area contributed by atoms with Crippen molar-refractivity contribution in [3.8, 4) is 6.07 Å². The van der Waals surface area contributed by atoms with Gasteiger partial charge in [-0.25, -0.2) is 9.79 Å². The average molecular weight is 403 g/mol. The molecular weight excluding hydrogens is 376 g/mol. The summed E-state index contributed by atoms with van der Waals surface area (Å²) in [5.74, 6) is -0.206. The molecule has 2 rings (SSSR count). The number of amides is 1. The van der Waals surface area contributed by atoms with Crippen molar-refractivity contribution < 1.29 is 9.53 Å². The molecule has 28 heavy (non-hydrogen) atoms. The molecule has 1 heterocycles. The van der Waals surface area contributed by atoms with Crippen LogP contribution in [-0.4, -0.2) is 17.5 Å². The van der Waals surface area contributed by atoms with Gasteiger partial charge in [0.25, 0.3) is 0 Å². The van der Waals surface area contributed by atoms with E-state index in [1.807, 2.05) is 19.1 Å². The van der Waals surface area contributed by atoms with Gasteiger partial charge >= 0.3 is 6.09 Å². The van der Waals surface area contributed by atoms with E-state index in [9.17, 15) is 10.1 Å². The third kappa shape index (κ3) is 5.26. The fourth-order valence-corrected chi connectivity index (χ4v) is 3.41. The molecule has 1 atom stereocenters. The van der Waals surface area contributed by atoms with Crippen LogP contribution in [0.5, 0.6) is 0 Å². The Bertz CT molecular complexity index is 835. The molecule has 2 aliphatic rings. The average Bonchev–Trinajstić information content (AvgIpc) is 2.60. The van der Waals surface area contributed by atoms with Gasteiger partial charge in [-0.3, -0.25) is 5.32 Å². The number of nitriles is 1. The molecule has 3 N–H and O–H groups in total. The summed E-state index contributed by atoms with van der Waals surface area (Å²) in [6.45, 7) is 7.36. The summed E-state index contributed by atoms with van der Waals surface area (Å²) in [5, 5.41) is 13.2. The van der Waals surface area contributed by atoms with Crippen LogP contribution in [-0.2, 0) is 4.74 Å². The molecule has 6 nitrogen and oxygen atoms in total. The van der Waals surface area contributed by atoms with Crippen molar-refractivity contribution >= 4 is 23.5 Å². The molecule has 0 aromatic heterocycles. The van der Waals surface area contributed by atoms with Gasteiger partial charge in [0, 0.05) is 16.8 Å². The lowest BCUT2D eigenvalue weighted by atomic mass is 9.79. The zero-order chi connectivity index (χ0) is 20.9. The molecule has 1 aliphatic heterocycles. The molecule has 1 aliphatic carbocycles. The number of carbonyl (C=O) groups is 1. The van der Waals surface area contributed by atoms with E-state index in [0.29, 0.717) is 34.7 Å². The van der Waals surface area contributed by atoms with E-state index < -0.39 is 17.6 Å². The van der Waals surface area contributed by atoms with E-state index >= 15 is 0 Å². The van der Waals surface area contributed by atoms with Gasteiger partial charge in [-0.1, -0.05) is 37.1 Å². The predicted octanol–water partition coefficient (Wildman–Crippen LogP) is 4.80. The van der Waals surface area contributed by atoms with Gasteiger partial charge in [0.2, 0.25) is 0 Å². The van der Waals surface area contributed by atoms with Crippen LogP contribution in [0.25, 0.3) is 0 Å². The summed E-state index contributed by atoms with van der Waals surface area (Å²) in [6, 6.07) is 2.29. The molecule has 0 aromatic rings. The van der Waals surface area contributed by atoms with Crippen molar-refractivity contribution in [1.29, 1.82) is 5.26 Å². The maximum atomic E-state index is 12.1. The number of nitrogens with one attached hydrogen (secondary N) is 1. The number of hydrogen-bond acceptors (Lipinski definition) is 5. The highest BCUT2D eigenvalue weighted by Gasteiger charge is 2.33. The fourth-order valence-electron chi connectivity index (χ4n) is 3.13. The number of nitrogens with two attached hydrogens (primary N) is 1. The van der Waals surface area contributed by atoms with Crippen LogP contribution < -0.4 is 11.1 Å². The number of carbonyl (C=O) groups excluding carboxylic acids is 1. The molecule has 1 amide bonds. The summed E-state index contributed by atoms with van der Waals surface area (Å²) in [7, 11) is 0. The highest BCUT2D eigenvalue weighted by atomic mass is 35.5. The van der Waals surface area contributed by atoms with Gasteiger partial charge in [0.15, 0.2) is 0 Å². The van der Waals surface area contributed by atoms with E-state index in [1.54, 1.807) is 20.8 Å². The molecule has 0 aromatic carbocycles. The Labute approximate surface area is 171 Å². The minimum atomic E-state index is -0.627. The first-order chi connectivity index (χ1) is 13.2. The zero-order valence-corrected chi connectivity index (χ0v) is 17.6. The number of ether oxygens (including phenoxy) is 1. The summed E-state index contributed by atoms with van der Waals surface area (Å²) >= 11 is 6.50. The molecule has 7 heteroatoms. The maximum absolute atomic E-state index is 12.1. The van der Waals surface area contributed by atoms with E-state index in [4.69, 9.17) is 22.1 Å². The lowest BCUT2D eigenvalue weighted by Crippen LogP contribution is -2.33. The highest BCUT2D eigenvalue weighted by molar-refractivity contribution is 6.30. The first-order valence-corrected chi connectivity index (χ1v) is 9.78. The van der Waals surface area contributed by atoms with Crippen LogP contribution in [0.15, 0.2) is 50.8 Å². The number of allylic oxidation sites excluding steroid dienone is 6. The molecule has 0 fully saturated rings. The minimum Gasteiger partial charge on any atom is -0.444 e. The van der Waals surface area contributed by atoms with Crippen molar-refractivity contribution in [3.63, 3.8) is 0 Å². The van der Waals surface area contributed by atoms with Gasteiger partial charge in [-0.15, -0.1) is 0 Å². The smallest absolute Gasteiger partial charge is 0.411 e. The van der Waals surface area contributed by atoms with E-state index in [0.717, 1.165) is 18.4 Å². The molecule has 0 radical (unpaired) electrons. The Kier molecular flexibility index (Phi) is 7.09. The van der Waals surface area contributed by atoms with Gasteiger partial charge < -0.3 is 10.5 Å². The Morgan fingerprint density at radius 3 is 2.82 bits per heavy atom. The van der Waals surface area contributed by atoms with Crippen LogP contribution in [0.1, 0.15) is 53.4 Å². The number of hydrogen-bond donors (Lipinski definition) is 2. The third-order valence-electron chi connectivity index (χ3n) is 4.27. The van der Waals surface area contributed by atoms with Crippen molar-refractivity contribution in [1.82, 2.24) is 5.32 Å². The summed E-state index contributed by atoms with van der Waals surface area (Å²) in [4.78, 5) is 16.5. The number of alkyl carbamates (subject to hydrolysis) is 1. The lowest BCUT2D eigenvalue weighted by molar-refractivity contribution is 0.0552. The first kappa shape index (κ1) is 21.8. The number of rotatable bonds is 4. The van der Waals surface area contributed by atoms with Crippen LogP contribution in [0.2, 0.25) is 0 Å². The molecule has 0 saturated heterocycles. The third-order valence-corrected chi connectivity index (χ3v) is 4.67. The van der Waals surface area contributed by atoms with Crippen LogP contribution in [0.3, 0.4) is 0 Å². The van der Waals surface area contributed by atoms with Crippen LogP contribution >= 0.6 is 11.6 Å². The van der Waals surface area contributed by atoms with Crippen molar-refractivity contribution in [2.75, 3.05) is 0 Å². The van der Waals surface area contributed by atoms with Crippen LogP contribution in [0.4, 0.5) is 4.79 Å². The molecule has 150 valence electrons. The zero-order valence-electron chi connectivity index (χ0n) is 16.8. The minimum absolute atomic E-state index is 0.263. The van der Waals surface area contributed by atoms with Gasteiger partial charge in [-0.05, 0) is 45.6 Å². The predicted molar refractivity (Wildman–Crippen MR) is 111 cm³/mol. The SMILES string of the molecule is CCCC1=C(C#N)C(C2=C(Cl)CCC=C2)/C(=C/NC(=O)OC(C)(C)C)C(N)=N1. The van der Waals surface area contributed by atoms with Gasteiger partial charge in [-0.2, -0.15) is 5.26 Å².